The van der Waals surface area contributed by atoms with Crippen molar-refractivity contribution in [1.82, 2.24) is 15.1 Å². The van der Waals surface area contributed by atoms with Crippen LogP contribution < -0.4 is 16.0 Å². The molecule has 2 fully saturated rings. The number of nitrogens with zero attached hydrogens (tertiary/aromatic N) is 2. The average Bonchev–Trinajstić information content (AvgIpc) is 3.30. The molecule has 1 aromatic heterocycles. The Kier molecular flexibility index (Phi) is 4.63. The van der Waals surface area contributed by atoms with E-state index in [2.05, 4.69) is 21.0 Å². The molecule has 132 valence electrons. The van der Waals surface area contributed by atoms with Gasteiger partial charge in [-0.1, -0.05) is 11.6 Å². The van der Waals surface area contributed by atoms with Gasteiger partial charge in [0.1, 0.15) is 0 Å². The largest absolute Gasteiger partial charge is 0.381 e. The lowest BCUT2D eigenvalue weighted by molar-refractivity contribution is 0.102. The van der Waals surface area contributed by atoms with E-state index in [-0.39, 0.29) is 5.91 Å². The summed E-state index contributed by atoms with van der Waals surface area (Å²) < 4.78 is 1.89. The Hall–Kier alpha value is -2.05. The third kappa shape index (κ3) is 3.96. The minimum Gasteiger partial charge on any atom is -0.381 e. The van der Waals surface area contributed by atoms with Gasteiger partial charge >= 0.3 is 0 Å². The molecular weight excluding hydrogens is 338 g/mol. The number of halogens is 1. The van der Waals surface area contributed by atoms with E-state index in [4.69, 9.17) is 11.6 Å². The number of benzene rings is 1. The Labute approximate surface area is 151 Å². The number of piperidine rings is 1. The fourth-order valence-corrected chi connectivity index (χ4v) is 3.27. The van der Waals surface area contributed by atoms with E-state index in [0.29, 0.717) is 28.5 Å². The molecule has 25 heavy (non-hydrogen) atoms. The van der Waals surface area contributed by atoms with E-state index >= 15 is 0 Å². The summed E-state index contributed by atoms with van der Waals surface area (Å²) in [6.45, 7) is 1.95. The van der Waals surface area contributed by atoms with E-state index in [0.717, 1.165) is 44.5 Å². The SMILES string of the molecule is O=C(Nc1cc(Cl)ccc1NC1CC1)c1ccn(C2CCCNC2)n1. The Bertz CT molecular complexity index is 765. The number of carbonyl (C=O) groups excluding carboxylic acids is 1. The maximum Gasteiger partial charge on any atom is 0.276 e. The van der Waals surface area contributed by atoms with Gasteiger partial charge in [-0.05, 0) is 56.5 Å². The smallest absolute Gasteiger partial charge is 0.276 e. The Morgan fingerprint density at radius 2 is 2.12 bits per heavy atom. The third-order valence-corrected chi connectivity index (χ3v) is 4.89. The predicted octanol–water partition coefficient (Wildman–Crippen LogP) is 3.29. The fourth-order valence-electron chi connectivity index (χ4n) is 3.10. The van der Waals surface area contributed by atoms with Crippen molar-refractivity contribution < 1.29 is 4.79 Å². The number of carbonyl (C=O) groups is 1. The molecule has 0 bridgehead atoms. The number of rotatable bonds is 5. The minimum absolute atomic E-state index is 0.219. The number of hydrogen-bond acceptors (Lipinski definition) is 4. The molecule has 6 nitrogen and oxygen atoms in total. The van der Waals surface area contributed by atoms with Crippen LogP contribution >= 0.6 is 11.6 Å². The van der Waals surface area contributed by atoms with Gasteiger partial charge in [0.2, 0.25) is 0 Å². The quantitative estimate of drug-likeness (QED) is 0.766. The first-order valence-corrected chi connectivity index (χ1v) is 9.20. The van der Waals surface area contributed by atoms with E-state index < -0.39 is 0 Å². The molecule has 1 amide bonds. The summed E-state index contributed by atoms with van der Waals surface area (Å²) >= 11 is 6.10. The van der Waals surface area contributed by atoms with Crippen molar-refractivity contribution in [2.24, 2.45) is 0 Å². The maximum absolute atomic E-state index is 12.6. The predicted molar refractivity (Wildman–Crippen MR) is 99.4 cm³/mol. The summed E-state index contributed by atoms with van der Waals surface area (Å²) in [5.41, 5.74) is 2.01. The number of nitrogens with one attached hydrogen (secondary N) is 3. The van der Waals surface area contributed by atoms with Crippen LogP contribution in [-0.4, -0.2) is 34.8 Å². The van der Waals surface area contributed by atoms with Gasteiger partial charge in [-0.15, -0.1) is 0 Å². The van der Waals surface area contributed by atoms with Gasteiger partial charge in [0.15, 0.2) is 5.69 Å². The zero-order valence-corrected chi connectivity index (χ0v) is 14.7. The van der Waals surface area contributed by atoms with Crippen LogP contribution in [0.2, 0.25) is 5.02 Å². The zero-order valence-electron chi connectivity index (χ0n) is 14.0. The number of aromatic nitrogens is 2. The van der Waals surface area contributed by atoms with Crippen LogP contribution in [0.4, 0.5) is 11.4 Å². The van der Waals surface area contributed by atoms with Crippen molar-refractivity contribution in [1.29, 1.82) is 0 Å². The number of amides is 1. The molecule has 2 aromatic rings. The summed E-state index contributed by atoms with van der Waals surface area (Å²) in [6.07, 6.45) is 6.42. The van der Waals surface area contributed by atoms with Crippen LogP contribution in [0.1, 0.15) is 42.2 Å². The molecule has 1 aliphatic heterocycles. The second-order valence-corrected chi connectivity index (χ2v) is 7.18. The summed E-state index contributed by atoms with van der Waals surface area (Å²) in [6, 6.07) is 8.08. The van der Waals surface area contributed by atoms with Gasteiger partial charge in [-0.25, -0.2) is 0 Å². The van der Waals surface area contributed by atoms with E-state index in [9.17, 15) is 4.79 Å². The van der Waals surface area contributed by atoms with E-state index in [1.54, 1.807) is 12.1 Å². The molecule has 2 heterocycles. The summed E-state index contributed by atoms with van der Waals surface area (Å²) in [5.74, 6) is -0.219. The second-order valence-electron chi connectivity index (χ2n) is 6.74. The minimum atomic E-state index is -0.219. The molecule has 7 heteroatoms. The second kappa shape index (κ2) is 7.06. The van der Waals surface area contributed by atoms with Gasteiger partial charge in [0.05, 0.1) is 17.4 Å². The van der Waals surface area contributed by atoms with E-state index in [1.807, 2.05) is 23.0 Å². The van der Waals surface area contributed by atoms with Crippen molar-refractivity contribution >= 4 is 28.9 Å². The first-order chi connectivity index (χ1) is 12.2. The lowest BCUT2D eigenvalue weighted by Crippen LogP contribution is -2.32. The van der Waals surface area contributed by atoms with Crippen LogP contribution in [0.3, 0.4) is 0 Å². The molecule has 1 unspecified atom stereocenters. The molecule has 1 aliphatic carbocycles. The molecule has 3 N–H and O–H groups in total. The topological polar surface area (TPSA) is 71.0 Å². The lowest BCUT2D eigenvalue weighted by atomic mass is 10.1. The molecule has 0 spiro atoms. The molecule has 2 aliphatic rings. The van der Waals surface area contributed by atoms with E-state index in [1.165, 1.54) is 0 Å². The van der Waals surface area contributed by atoms with Gasteiger partial charge in [-0.3, -0.25) is 9.48 Å². The molecule has 1 atom stereocenters. The summed E-state index contributed by atoms with van der Waals surface area (Å²) in [4.78, 5) is 12.6. The van der Waals surface area contributed by atoms with Crippen molar-refractivity contribution in [2.45, 2.75) is 37.8 Å². The Morgan fingerprint density at radius 1 is 1.24 bits per heavy atom. The summed E-state index contributed by atoms with van der Waals surface area (Å²) in [5, 5.41) is 14.8. The van der Waals surface area contributed by atoms with Gasteiger partial charge in [-0.2, -0.15) is 5.10 Å². The molecule has 4 rings (SSSR count). The zero-order chi connectivity index (χ0) is 17.2. The van der Waals surface area contributed by atoms with Crippen molar-refractivity contribution in [3.8, 4) is 0 Å². The normalized spacial score (nSPS) is 20.3. The lowest BCUT2D eigenvalue weighted by Gasteiger charge is -2.22. The van der Waals surface area contributed by atoms with Crippen molar-refractivity contribution in [3.63, 3.8) is 0 Å². The highest BCUT2D eigenvalue weighted by Crippen LogP contribution is 2.31. The molecule has 0 radical (unpaired) electrons. The monoisotopic (exact) mass is 359 g/mol. The first-order valence-electron chi connectivity index (χ1n) is 8.82. The van der Waals surface area contributed by atoms with Crippen molar-refractivity contribution in [2.75, 3.05) is 23.7 Å². The highest BCUT2D eigenvalue weighted by atomic mass is 35.5. The fraction of sp³-hybridized carbons (Fsp3) is 0.444. The maximum atomic E-state index is 12.6. The third-order valence-electron chi connectivity index (χ3n) is 4.65. The van der Waals surface area contributed by atoms with Crippen LogP contribution in [0.5, 0.6) is 0 Å². The Morgan fingerprint density at radius 3 is 2.88 bits per heavy atom. The summed E-state index contributed by atoms with van der Waals surface area (Å²) in [7, 11) is 0. The molecule has 1 aromatic carbocycles. The van der Waals surface area contributed by atoms with Crippen LogP contribution in [0.15, 0.2) is 30.5 Å². The van der Waals surface area contributed by atoms with Crippen LogP contribution in [0, 0.1) is 0 Å². The number of anilines is 2. The molecular formula is C18H22ClN5O. The average molecular weight is 360 g/mol. The van der Waals surface area contributed by atoms with Gasteiger partial charge in [0.25, 0.3) is 5.91 Å². The highest BCUT2D eigenvalue weighted by molar-refractivity contribution is 6.31. The molecule has 1 saturated heterocycles. The standard InChI is InChI=1S/C18H22ClN5O/c19-12-3-6-15(21-13-4-5-13)17(10-12)22-18(25)16-7-9-24(23-16)14-2-1-8-20-11-14/h3,6-7,9-10,13-14,20-21H,1-2,4-5,8,11H2,(H,22,25). The Balaban J connectivity index is 1.48. The van der Waals surface area contributed by atoms with Gasteiger partial charge in [0, 0.05) is 23.8 Å². The van der Waals surface area contributed by atoms with Gasteiger partial charge < -0.3 is 16.0 Å². The van der Waals surface area contributed by atoms with Crippen LogP contribution in [0.25, 0.3) is 0 Å². The van der Waals surface area contributed by atoms with Crippen molar-refractivity contribution in [3.05, 3.63) is 41.2 Å². The number of hydrogen-bond donors (Lipinski definition) is 3. The highest BCUT2D eigenvalue weighted by Gasteiger charge is 2.23. The first kappa shape index (κ1) is 16.4. The molecule has 1 saturated carbocycles. The van der Waals surface area contributed by atoms with Crippen LogP contribution in [-0.2, 0) is 0 Å².